The highest BCUT2D eigenvalue weighted by Gasteiger charge is 2.32. The second kappa shape index (κ2) is 3.13. The second-order valence-corrected chi connectivity index (χ2v) is 3.41. The molecule has 0 spiro atoms. The topological polar surface area (TPSA) is 69.4 Å². The molecule has 0 heterocycles. The molecule has 0 unspecified atom stereocenters. The summed E-state index contributed by atoms with van der Waals surface area (Å²) in [7, 11) is 0. The fourth-order valence-electron chi connectivity index (χ4n) is 1.40. The van der Waals surface area contributed by atoms with Gasteiger partial charge >= 0.3 is 6.09 Å². The molecule has 4 nitrogen and oxygen atoms in total. The molecule has 4 heteroatoms. The molecule has 0 bridgehead atoms. The number of ether oxygens (including phenoxy) is 1. The molecule has 68 valence electrons. The average molecular weight is 171 g/mol. The summed E-state index contributed by atoms with van der Waals surface area (Å²) in [6.45, 7) is 1.81. The van der Waals surface area contributed by atoms with Crippen molar-refractivity contribution in [3.63, 3.8) is 0 Å². The molecular formula is C8H13NO3. The van der Waals surface area contributed by atoms with Gasteiger partial charge in [0.25, 0.3) is 0 Å². The summed E-state index contributed by atoms with van der Waals surface area (Å²) in [6.07, 6.45) is 1.41. The molecule has 1 saturated carbocycles. The highest BCUT2D eigenvalue weighted by molar-refractivity contribution is 5.79. The molecule has 0 aliphatic heterocycles. The highest BCUT2D eigenvalue weighted by Crippen LogP contribution is 2.29. The minimum absolute atomic E-state index is 0.237. The van der Waals surface area contributed by atoms with E-state index < -0.39 is 11.7 Å². The zero-order valence-electron chi connectivity index (χ0n) is 7.13. The molecular weight excluding hydrogens is 158 g/mol. The Hall–Kier alpha value is -1.06. The maximum absolute atomic E-state index is 10.9. The number of nitrogens with two attached hydrogens (primary N) is 1. The van der Waals surface area contributed by atoms with Gasteiger partial charge in [-0.25, -0.2) is 4.79 Å². The summed E-state index contributed by atoms with van der Waals surface area (Å²) < 4.78 is 4.91. The van der Waals surface area contributed by atoms with Crippen molar-refractivity contribution in [1.29, 1.82) is 0 Å². The predicted molar refractivity (Wildman–Crippen MR) is 42.5 cm³/mol. The first-order chi connectivity index (χ1) is 5.52. The number of Topliss-reactive ketones (excluding diaryl/α,β-unsaturated/α-hetero) is 1. The number of rotatable bonds is 1. The molecule has 12 heavy (non-hydrogen) atoms. The molecule has 0 aromatic heterocycles. The number of carbonyl (C=O) groups is 2. The van der Waals surface area contributed by atoms with Gasteiger partial charge in [0, 0.05) is 12.8 Å². The van der Waals surface area contributed by atoms with Crippen LogP contribution in [0.5, 0.6) is 0 Å². The van der Waals surface area contributed by atoms with Gasteiger partial charge in [0.2, 0.25) is 0 Å². The summed E-state index contributed by atoms with van der Waals surface area (Å²) in [5.74, 6) is 0.237. The number of hydrogen-bond acceptors (Lipinski definition) is 3. The lowest BCUT2D eigenvalue weighted by molar-refractivity contribution is -0.124. The fourth-order valence-corrected chi connectivity index (χ4v) is 1.40. The Labute approximate surface area is 71.1 Å². The smallest absolute Gasteiger partial charge is 0.405 e. The molecule has 1 amide bonds. The molecule has 0 atom stereocenters. The van der Waals surface area contributed by atoms with Crippen LogP contribution in [-0.2, 0) is 9.53 Å². The number of carbonyl (C=O) groups excluding carboxylic acids is 2. The zero-order valence-corrected chi connectivity index (χ0v) is 7.13. The molecule has 0 aromatic rings. The van der Waals surface area contributed by atoms with E-state index in [1.54, 1.807) is 0 Å². The van der Waals surface area contributed by atoms with Gasteiger partial charge in [-0.3, -0.25) is 4.79 Å². The van der Waals surface area contributed by atoms with Gasteiger partial charge in [-0.05, 0) is 19.8 Å². The quantitative estimate of drug-likeness (QED) is 0.639. The van der Waals surface area contributed by atoms with E-state index in [0.29, 0.717) is 25.7 Å². The molecule has 0 aromatic carbocycles. The summed E-state index contributed by atoms with van der Waals surface area (Å²) in [6, 6.07) is 0. The summed E-state index contributed by atoms with van der Waals surface area (Å²) in [5.41, 5.74) is 4.38. The van der Waals surface area contributed by atoms with E-state index >= 15 is 0 Å². The molecule has 2 N–H and O–H groups in total. The summed E-state index contributed by atoms with van der Waals surface area (Å²) >= 11 is 0. The first-order valence-corrected chi connectivity index (χ1v) is 4.02. The van der Waals surface area contributed by atoms with Crippen LogP contribution in [0.3, 0.4) is 0 Å². The maximum Gasteiger partial charge on any atom is 0.405 e. The standard InChI is InChI=1S/C8H13NO3/c1-8(12-7(9)11)4-2-6(10)3-5-8/h2-5H2,1H3,(H2,9,11). The molecule has 1 aliphatic carbocycles. The molecule has 1 rings (SSSR count). The lowest BCUT2D eigenvalue weighted by Gasteiger charge is -2.31. The van der Waals surface area contributed by atoms with E-state index in [1.807, 2.05) is 6.92 Å². The summed E-state index contributed by atoms with van der Waals surface area (Å²) in [5, 5.41) is 0. The van der Waals surface area contributed by atoms with Crippen molar-refractivity contribution in [1.82, 2.24) is 0 Å². The molecule has 0 saturated heterocycles. The van der Waals surface area contributed by atoms with Crippen molar-refractivity contribution in [3.8, 4) is 0 Å². The van der Waals surface area contributed by atoms with Crippen LogP contribution >= 0.6 is 0 Å². The van der Waals surface area contributed by atoms with Crippen molar-refractivity contribution >= 4 is 11.9 Å². The van der Waals surface area contributed by atoms with E-state index in [2.05, 4.69) is 0 Å². The maximum atomic E-state index is 10.9. The van der Waals surface area contributed by atoms with Gasteiger partial charge in [-0.2, -0.15) is 0 Å². The van der Waals surface area contributed by atoms with Gasteiger partial charge in [0.1, 0.15) is 11.4 Å². The molecule has 0 radical (unpaired) electrons. The van der Waals surface area contributed by atoms with Crippen molar-refractivity contribution in [2.75, 3.05) is 0 Å². The molecule has 1 aliphatic rings. The van der Waals surface area contributed by atoms with Gasteiger partial charge in [0.15, 0.2) is 0 Å². The Morgan fingerprint density at radius 2 is 2.00 bits per heavy atom. The van der Waals surface area contributed by atoms with Crippen LogP contribution in [0.1, 0.15) is 32.6 Å². The van der Waals surface area contributed by atoms with E-state index in [-0.39, 0.29) is 5.78 Å². The minimum atomic E-state index is -0.758. The van der Waals surface area contributed by atoms with Gasteiger partial charge in [0.05, 0.1) is 0 Å². The first-order valence-electron chi connectivity index (χ1n) is 4.02. The normalized spacial score (nSPS) is 21.9. The van der Waals surface area contributed by atoms with Crippen LogP contribution in [0, 0.1) is 0 Å². The van der Waals surface area contributed by atoms with Crippen molar-refractivity contribution in [2.45, 2.75) is 38.2 Å². The molecule has 1 fully saturated rings. The van der Waals surface area contributed by atoms with Crippen molar-refractivity contribution in [3.05, 3.63) is 0 Å². The Morgan fingerprint density at radius 3 is 2.42 bits per heavy atom. The summed E-state index contributed by atoms with van der Waals surface area (Å²) in [4.78, 5) is 21.3. The van der Waals surface area contributed by atoms with Crippen LogP contribution < -0.4 is 5.73 Å². The Balaban J connectivity index is 2.49. The predicted octanol–water partition coefficient (Wildman–Crippen LogP) is 0.984. The largest absolute Gasteiger partial charge is 0.443 e. The number of amides is 1. The lowest BCUT2D eigenvalue weighted by Crippen LogP contribution is -2.37. The zero-order chi connectivity index (χ0) is 9.19. The van der Waals surface area contributed by atoms with Crippen LogP contribution in [0.25, 0.3) is 0 Å². The van der Waals surface area contributed by atoms with E-state index in [0.717, 1.165) is 0 Å². The van der Waals surface area contributed by atoms with Gasteiger partial charge in [-0.1, -0.05) is 0 Å². The monoisotopic (exact) mass is 171 g/mol. The van der Waals surface area contributed by atoms with Gasteiger partial charge in [-0.15, -0.1) is 0 Å². The number of ketones is 1. The number of primary amides is 1. The highest BCUT2D eigenvalue weighted by atomic mass is 16.6. The van der Waals surface area contributed by atoms with E-state index in [4.69, 9.17) is 10.5 Å². The third kappa shape index (κ3) is 2.22. The van der Waals surface area contributed by atoms with Crippen LogP contribution in [0.4, 0.5) is 4.79 Å². The van der Waals surface area contributed by atoms with E-state index in [9.17, 15) is 9.59 Å². The lowest BCUT2D eigenvalue weighted by atomic mass is 9.85. The average Bonchev–Trinajstić information content (AvgIpc) is 1.94. The van der Waals surface area contributed by atoms with Crippen LogP contribution in [0.15, 0.2) is 0 Å². The second-order valence-electron chi connectivity index (χ2n) is 3.41. The third-order valence-corrected chi connectivity index (χ3v) is 2.21. The Morgan fingerprint density at radius 1 is 1.50 bits per heavy atom. The minimum Gasteiger partial charge on any atom is -0.443 e. The number of hydrogen-bond donors (Lipinski definition) is 1. The third-order valence-electron chi connectivity index (χ3n) is 2.21. The van der Waals surface area contributed by atoms with Crippen LogP contribution in [-0.4, -0.2) is 17.5 Å². The van der Waals surface area contributed by atoms with Gasteiger partial charge < -0.3 is 10.5 Å². The van der Waals surface area contributed by atoms with Crippen molar-refractivity contribution in [2.24, 2.45) is 5.73 Å². The van der Waals surface area contributed by atoms with Crippen LogP contribution in [0.2, 0.25) is 0 Å². The Bertz CT molecular complexity index is 202. The Kier molecular flexibility index (Phi) is 2.35. The van der Waals surface area contributed by atoms with Crippen molar-refractivity contribution < 1.29 is 14.3 Å². The SMILES string of the molecule is CC1(OC(N)=O)CCC(=O)CC1. The fraction of sp³-hybridized carbons (Fsp3) is 0.750. The van der Waals surface area contributed by atoms with E-state index in [1.165, 1.54) is 0 Å². The first kappa shape index (κ1) is 9.03.